The standard InChI is InChI=1S/C17H26N2O2/c1-16(2,3)11-7-10(13-9-18-15(21)19-13)8-12(14(11)20)17(4,5)6/h7-8,13,20H,9H2,1-6H3,(H2,18,19,21)/t13-/m0/s1. The van der Waals surface area contributed by atoms with E-state index < -0.39 is 0 Å². The molecule has 116 valence electrons. The van der Waals surface area contributed by atoms with Crippen molar-refractivity contribution in [3.05, 3.63) is 28.8 Å². The van der Waals surface area contributed by atoms with Crippen molar-refractivity contribution in [1.82, 2.24) is 10.6 Å². The summed E-state index contributed by atoms with van der Waals surface area (Å²) in [4.78, 5) is 11.4. The minimum atomic E-state index is -0.157. The lowest BCUT2D eigenvalue weighted by molar-refractivity contribution is 0.247. The van der Waals surface area contributed by atoms with E-state index in [1.165, 1.54) is 0 Å². The summed E-state index contributed by atoms with van der Waals surface area (Å²) in [7, 11) is 0. The van der Waals surface area contributed by atoms with Gasteiger partial charge in [-0.25, -0.2) is 4.79 Å². The van der Waals surface area contributed by atoms with Crippen molar-refractivity contribution < 1.29 is 9.90 Å². The van der Waals surface area contributed by atoms with Crippen LogP contribution < -0.4 is 10.6 Å². The van der Waals surface area contributed by atoms with Crippen LogP contribution in [0.25, 0.3) is 0 Å². The van der Waals surface area contributed by atoms with Gasteiger partial charge in [0.25, 0.3) is 0 Å². The van der Waals surface area contributed by atoms with Gasteiger partial charge >= 0.3 is 6.03 Å². The van der Waals surface area contributed by atoms with E-state index in [1.807, 2.05) is 12.1 Å². The molecule has 0 saturated carbocycles. The molecule has 1 saturated heterocycles. The lowest BCUT2D eigenvalue weighted by Crippen LogP contribution is -2.23. The van der Waals surface area contributed by atoms with Gasteiger partial charge in [-0.3, -0.25) is 0 Å². The van der Waals surface area contributed by atoms with Crippen LogP contribution in [0.2, 0.25) is 0 Å². The van der Waals surface area contributed by atoms with Crippen LogP contribution in [0.4, 0.5) is 4.79 Å². The Labute approximate surface area is 126 Å². The van der Waals surface area contributed by atoms with Crippen molar-refractivity contribution in [3.8, 4) is 5.75 Å². The molecule has 4 heteroatoms. The number of aromatic hydroxyl groups is 1. The fourth-order valence-corrected chi connectivity index (χ4v) is 2.66. The van der Waals surface area contributed by atoms with E-state index in [1.54, 1.807) is 0 Å². The number of phenolic OH excluding ortho intramolecular Hbond substituents is 1. The highest BCUT2D eigenvalue weighted by atomic mass is 16.3. The number of hydrogen-bond donors (Lipinski definition) is 3. The molecule has 0 bridgehead atoms. The molecule has 4 nitrogen and oxygen atoms in total. The van der Waals surface area contributed by atoms with Crippen LogP contribution in [0.1, 0.15) is 64.3 Å². The molecular weight excluding hydrogens is 264 g/mol. The topological polar surface area (TPSA) is 61.4 Å². The van der Waals surface area contributed by atoms with Crippen LogP contribution in [-0.4, -0.2) is 17.7 Å². The zero-order chi connectivity index (χ0) is 16.0. The number of benzene rings is 1. The van der Waals surface area contributed by atoms with Gasteiger partial charge in [-0.2, -0.15) is 0 Å². The Balaban J connectivity index is 2.59. The molecule has 0 aromatic heterocycles. The first-order valence-electron chi connectivity index (χ1n) is 7.42. The summed E-state index contributed by atoms with van der Waals surface area (Å²) < 4.78 is 0. The molecule has 1 aromatic carbocycles. The Morgan fingerprint density at radius 2 is 1.52 bits per heavy atom. The average Bonchev–Trinajstić information content (AvgIpc) is 2.73. The van der Waals surface area contributed by atoms with E-state index in [-0.39, 0.29) is 22.9 Å². The van der Waals surface area contributed by atoms with Crippen molar-refractivity contribution in [2.45, 2.75) is 58.4 Å². The van der Waals surface area contributed by atoms with Crippen LogP contribution in [0.5, 0.6) is 5.75 Å². The number of amides is 2. The molecular formula is C17H26N2O2. The van der Waals surface area contributed by atoms with Crippen LogP contribution in [0.15, 0.2) is 12.1 Å². The van der Waals surface area contributed by atoms with E-state index in [0.29, 0.717) is 12.3 Å². The molecule has 0 spiro atoms. The molecule has 21 heavy (non-hydrogen) atoms. The Kier molecular flexibility index (Phi) is 3.68. The average molecular weight is 290 g/mol. The molecule has 1 aliphatic heterocycles. The summed E-state index contributed by atoms with van der Waals surface area (Å²) in [6, 6.07) is 3.85. The van der Waals surface area contributed by atoms with Gasteiger partial charge in [0.15, 0.2) is 0 Å². The molecule has 0 unspecified atom stereocenters. The van der Waals surface area contributed by atoms with Gasteiger partial charge in [0, 0.05) is 6.54 Å². The van der Waals surface area contributed by atoms with E-state index in [9.17, 15) is 9.90 Å². The number of phenols is 1. The largest absolute Gasteiger partial charge is 0.507 e. The molecule has 3 N–H and O–H groups in total. The number of rotatable bonds is 1. The lowest BCUT2D eigenvalue weighted by atomic mass is 9.78. The second-order valence-corrected chi connectivity index (χ2v) is 7.87. The molecule has 1 aromatic rings. The fourth-order valence-electron chi connectivity index (χ4n) is 2.66. The minimum Gasteiger partial charge on any atom is -0.507 e. The van der Waals surface area contributed by atoms with Gasteiger partial charge in [0.2, 0.25) is 0 Å². The Hall–Kier alpha value is -1.71. The normalized spacial score (nSPS) is 19.3. The van der Waals surface area contributed by atoms with Crippen molar-refractivity contribution in [3.63, 3.8) is 0 Å². The maximum Gasteiger partial charge on any atom is 0.315 e. The van der Waals surface area contributed by atoms with Gasteiger partial charge in [0.05, 0.1) is 6.04 Å². The molecule has 0 radical (unpaired) electrons. The van der Waals surface area contributed by atoms with Crippen molar-refractivity contribution in [2.75, 3.05) is 6.54 Å². The van der Waals surface area contributed by atoms with E-state index >= 15 is 0 Å². The summed E-state index contributed by atoms with van der Waals surface area (Å²) in [5, 5.41) is 16.4. The first-order chi connectivity index (χ1) is 9.50. The van der Waals surface area contributed by atoms with Crippen LogP contribution in [0.3, 0.4) is 0 Å². The number of carbonyl (C=O) groups is 1. The molecule has 2 amide bonds. The van der Waals surface area contributed by atoms with Crippen molar-refractivity contribution >= 4 is 6.03 Å². The molecule has 2 rings (SSSR count). The smallest absolute Gasteiger partial charge is 0.315 e. The maximum absolute atomic E-state index is 11.4. The third-order valence-electron chi connectivity index (χ3n) is 3.92. The van der Waals surface area contributed by atoms with Crippen LogP contribution in [-0.2, 0) is 10.8 Å². The Morgan fingerprint density at radius 3 is 1.86 bits per heavy atom. The SMILES string of the molecule is CC(C)(C)c1cc([C@@H]2CNC(=O)N2)cc(C(C)(C)C)c1O. The Bertz CT molecular complexity index is 530. The zero-order valence-corrected chi connectivity index (χ0v) is 13.8. The first kappa shape index (κ1) is 15.7. The highest BCUT2D eigenvalue weighted by Gasteiger charge is 2.30. The maximum atomic E-state index is 11.4. The highest BCUT2D eigenvalue weighted by Crippen LogP contribution is 2.40. The summed E-state index contributed by atoms with van der Waals surface area (Å²) in [6.45, 7) is 13.1. The predicted molar refractivity (Wildman–Crippen MR) is 84.8 cm³/mol. The molecule has 1 fully saturated rings. The third-order valence-corrected chi connectivity index (χ3v) is 3.92. The fraction of sp³-hybridized carbons (Fsp3) is 0.588. The summed E-state index contributed by atoms with van der Waals surface area (Å²) in [5.41, 5.74) is 2.57. The lowest BCUT2D eigenvalue weighted by Gasteiger charge is -2.29. The summed E-state index contributed by atoms with van der Waals surface area (Å²) >= 11 is 0. The third kappa shape index (κ3) is 3.14. The summed E-state index contributed by atoms with van der Waals surface area (Å²) in [6.07, 6.45) is 0. The molecule has 1 heterocycles. The molecule has 1 atom stereocenters. The number of nitrogens with one attached hydrogen (secondary N) is 2. The van der Waals surface area contributed by atoms with Crippen LogP contribution in [0, 0.1) is 0 Å². The highest BCUT2D eigenvalue weighted by molar-refractivity contribution is 5.77. The molecule has 1 aliphatic rings. The number of carbonyl (C=O) groups excluding carboxylic acids is 1. The monoisotopic (exact) mass is 290 g/mol. The second-order valence-electron chi connectivity index (χ2n) is 7.87. The predicted octanol–water partition coefficient (Wildman–Crippen LogP) is 3.34. The van der Waals surface area contributed by atoms with E-state index in [0.717, 1.165) is 16.7 Å². The number of hydrogen-bond acceptors (Lipinski definition) is 2. The molecule has 0 aliphatic carbocycles. The zero-order valence-electron chi connectivity index (χ0n) is 13.8. The van der Waals surface area contributed by atoms with Gasteiger partial charge in [-0.1, -0.05) is 41.5 Å². The minimum absolute atomic E-state index is 0.0414. The second kappa shape index (κ2) is 4.93. The van der Waals surface area contributed by atoms with Gasteiger partial charge in [-0.05, 0) is 39.7 Å². The summed E-state index contributed by atoms with van der Waals surface area (Å²) in [5.74, 6) is 0.371. The number of urea groups is 1. The van der Waals surface area contributed by atoms with E-state index in [4.69, 9.17) is 0 Å². The van der Waals surface area contributed by atoms with Gasteiger partial charge < -0.3 is 15.7 Å². The van der Waals surface area contributed by atoms with Gasteiger partial charge in [-0.15, -0.1) is 0 Å². The quantitative estimate of drug-likeness (QED) is 0.743. The van der Waals surface area contributed by atoms with Crippen LogP contribution >= 0.6 is 0 Å². The van der Waals surface area contributed by atoms with Crippen molar-refractivity contribution in [2.24, 2.45) is 0 Å². The van der Waals surface area contributed by atoms with E-state index in [2.05, 4.69) is 52.2 Å². The van der Waals surface area contributed by atoms with Gasteiger partial charge in [0.1, 0.15) is 5.75 Å². The first-order valence-corrected chi connectivity index (χ1v) is 7.42. The Morgan fingerprint density at radius 1 is 1.05 bits per heavy atom. The van der Waals surface area contributed by atoms with Crippen molar-refractivity contribution in [1.29, 1.82) is 0 Å².